The van der Waals surface area contributed by atoms with Crippen LogP contribution in [0.1, 0.15) is 30.1 Å². The Morgan fingerprint density at radius 2 is 1.69 bits per heavy atom. The summed E-state index contributed by atoms with van der Waals surface area (Å²) in [5.41, 5.74) is 0.0905. The smallest absolute Gasteiger partial charge is 0.341 e. The van der Waals surface area contributed by atoms with E-state index in [1.807, 2.05) is 0 Å². The second-order valence-corrected chi connectivity index (χ2v) is 8.59. The molecule has 1 N–H and O–H groups in total. The minimum atomic E-state index is -3.54. The number of halogens is 1. The van der Waals surface area contributed by atoms with E-state index in [1.54, 1.807) is 0 Å². The first-order valence-electron chi connectivity index (χ1n) is 9.15. The van der Waals surface area contributed by atoms with Crippen LogP contribution in [0.3, 0.4) is 0 Å². The molecular formula is C20H21FN2O5S. The Hall–Kier alpha value is -2.78. The Morgan fingerprint density at radius 1 is 1.07 bits per heavy atom. The number of carbonyl (C=O) groups excluding carboxylic acids is 2. The summed E-state index contributed by atoms with van der Waals surface area (Å²) in [5, 5.41) is 2.54. The largest absolute Gasteiger partial charge is 0.449 e. The predicted octanol–water partition coefficient (Wildman–Crippen LogP) is 2.79. The first-order valence-corrected chi connectivity index (χ1v) is 10.6. The topological polar surface area (TPSA) is 92.8 Å². The highest BCUT2D eigenvalue weighted by Gasteiger charge is 2.27. The van der Waals surface area contributed by atoms with Gasteiger partial charge in [0.1, 0.15) is 5.82 Å². The molecule has 9 heteroatoms. The summed E-state index contributed by atoms with van der Waals surface area (Å²) in [5.74, 6) is -2.30. The number of benzene rings is 2. The zero-order valence-electron chi connectivity index (χ0n) is 15.8. The Morgan fingerprint density at radius 3 is 2.31 bits per heavy atom. The lowest BCUT2D eigenvalue weighted by Gasteiger charge is -2.16. The van der Waals surface area contributed by atoms with Gasteiger partial charge in [0.15, 0.2) is 6.10 Å². The van der Waals surface area contributed by atoms with E-state index < -0.39 is 33.8 Å². The SMILES string of the molecule is C[C@H](OC(=O)c1ccccc1F)C(=O)Nc1ccc(S(=O)(=O)N2CCCC2)cc1. The molecule has 0 radical (unpaired) electrons. The van der Waals surface area contributed by atoms with Gasteiger partial charge >= 0.3 is 5.97 Å². The molecule has 2 aromatic carbocycles. The van der Waals surface area contributed by atoms with Crippen LogP contribution in [0.25, 0.3) is 0 Å². The molecule has 7 nitrogen and oxygen atoms in total. The number of anilines is 1. The summed E-state index contributed by atoms with van der Waals surface area (Å²) >= 11 is 0. The van der Waals surface area contributed by atoms with E-state index in [0.29, 0.717) is 18.8 Å². The van der Waals surface area contributed by atoms with Gasteiger partial charge in [-0.15, -0.1) is 0 Å². The van der Waals surface area contributed by atoms with Gasteiger partial charge in [-0.25, -0.2) is 17.6 Å². The van der Waals surface area contributed by atoms with Gasteiger partial charge < -0.3 is 10.1 Å². The molecule has 2 aromatic rings. The van der Waals surface area contributed by atoms with E-state index in [0.717, 1.165) is 18.9 Å². The molecule has 3 rings (SSSR count). The van der Waals surface area contributed by atoms with Crippen molar-refractivity contribution in [3.63, 3.8) is 0 Å². The van der Waals surface area contributed by atoms with Crippen molar-refractivity contribution >= 4 is 27.6 Å². The molecule has 1 atom stereocenters. The van der Waals surface area contributed by atoms with Crippen LogP contribution in [-0.2, 0) is 19.6 Å². The van der Waals surface area contributed by atoms with Crippen molar-refractivity contribution in [1.29, 1.82) is 0 Å². The van der Waals surface area contributed by atoms with Crippen LogP contribution >= 0.6 is 0 Å². The molecule has 0 aromatic heterocycles. The average molecular weight is 420 g/mol. The Kier molecular flexibility index (Phi) is 6.29. The van der Waals surface area contributed by atoms with E-state index in [4.69, 9.17) is 4.74 Å². The highest BCUT2D eigenvalue weighted by atomic mass is 32.2. The first kappa shape index (κ1) is 20.9. The maximum Gasteiger partial charge on any atom is 0.341 e. The third kappa shape index (κ3) is 4.80. The molecule has 1 aliphatic heterocycles. The van der Waals surface area contributed by atoms with Gasteiger partial charge in [0, 0.05) is 18.8 Å². The summed E-state index contributed by atoms with van der Waals surface area (Å²) in [6.07, 6.45) is 0.517. The number of nitrogens with one attached hydrogen (secondary N) is 1. The minimum absolute atomic E-state index is 0.149. The van der Waals surface area contributed by atoms with Crippen molar-refractivity contribution in [2.45, 2.75) is 30.8 Å². The number of carbonyl (C=O) groups is 2. The van der Waals surface area contributed by atoms with Crippen LogP contribution in [0.2, 0.25) is 0 Å². The molecule has 154 valence electrons. The lowest BCUT2D eigenvalue weighted by Crippen LogP contribution is -2.30. The van der Waals surface area contributed by atoms with Gasteiger partial charge in [0.2, 0.25) is 10.0 Å². The summed E-state index contributed by atoms with van der Waals surface area (Å²) in [6, 6.07) is 11.1. The molecular weight excluding hydrogens is 399 g/mol. The number of amides is 1. The molecule has 0 bridgehead atoms. The van der Waals surface area contributed by atoms with E-state index in [9.17, 15) is 22.4 Å². The minimum Gasteiger partial charge on any atom is -0.449 e. The predicted molar refractivity (Wildman–Crippen MR) is 104 cm³/mol. The molecule has 1 amide bonds. The molecule has 0 aliphatic carbocycles. The monoisotopic (exact) mass is 420 g/mol. The second-order valence-electron chi connectivity index (χ2n) is 6.65. The number of nitrogens with zero attached hydrogens (tertiary/aromatic N) is 1. The van der Waals surface area contributed by atoms with E-state index in [-0.39, 0.29) is 10.5 Å². The molecule has 0 spiro atoms. The number of rotatable bonds is 6. The fourth-order valence-corrected chi connectivity index (χ4v) is 4.45. The number of ether oxygens (including phenoxy) is 1. The standard InChI is InChI=1S/C20H21FN2O5S/c1-14(28-20(25)17-6-2-3-7-18(17)21)19(24)22-15-8-10-16(11-9-15)29(26,27)23-12-4-5-13-23/h2-3,6-11,14H,4-5,12-13H2,1H3,(H,22,24)/t14-/m0/s1. The van der Waals surface area contributed by atoms with E-state index in [2.05, 4.69) is 5.32 Å². The summed E-state index contributed by atoms with van der Waals surface area (Å²) in [7, 11) is -3.54. The number of esters is 1. The van der Waals surface area contributed by atoms with Gasteiger partial charge in [-0.05, 0) is 56.2 Å². The van der Waals surface area contributed by atoms with Gasteiger partial charge in [-0.1, -0.05) is 12.1 Å². The summed E-state index contributed by atoms with van der Waals surface area (Å²) < 4.78 is 45.1. The fraction of sp³-hybridized carbons (Fsp3) is 0.300. The molecule has 29 heavy (non-hydrogen) atoms. The third-order valence-corrected chi connectivity index (χ3v) is 6.48. The maximum absolute atomic E-state index is 13.6. The van der Waals surface area contributed by atoms with Crippen LogP contribution < -0.4 is 5.32 Å². The normalized spacial score (nSPS) is 15.7. The number of hydrogen-bond donors (Lipinski definition) is 1. The van der Waals surface area contributed by atoms with Gasteiger partial charge in [-0.2, -0.15) is 4.31 Å². The van der Waals surface area contributed by atoms with Crippen molar-refractivity contribution in [3.05, 3.63) is 59.9 Å². The van der Waals surface area contributed by atoms with Crippen molar-refractivity contribution in [2.24, 2.45) is 0 Å². The highest BCUT2D eigenvalue weighted by Crippen LogP contribution is 2.22. The van der Waals surface area contributed by atoms with E-state index in [1.165, 1.54) is 53.7 Å². The van der Waals surface area contributed by atoms with Crippen molar-refractivity contribution in [1.82, 2.24) is 4.31 Å². The maximum atomic E-state index is 13.6. The van der Waals surface area contributed by atoms with Crippen LogP contribution in [-0.4, -0.2) is 43.8 Å². The van der Waals surface area contributed by atoms with Crippen molar-refractivity contribution < 1.29 is 27.1 Å². The average Bonchev–Trinajstić information content (AvgIpc) is 3.24. The van der Waals surface area contributed by atoms with E-state index >= 15 is 0 Å². The molecule has 1 fully saturated rings. The number of hydrogen-bond acceptors (Lipinski definition) is 5. The Bertz CT molecular complexity index is 1000. The molecule has 1 aliphatic rings. The molecule has 0 unspecified atom stereocenters. The van der Waals surface area contributed by atoms with Gasteiger partial charge in [0.25, 0.3) is 5.91 Å². The summed E-state index contributed by atoms with van der Waals surface area (Å²) in [6.45, 7) is 2.37. The molecule has 1 saturated heterocycles. The van der Waals surface area contributed by atoms with Crippen LogP contribution in [0, 0.1) is 5.82 Å². The zero-order chi connectivity index (χ0) is 21.0. The molecule has 1 heterocycles. The number of sulfonamides is 1. The fourth-order valence-electron chi connectivity index (χ4n) is 2.94. The van der Waals surface area contributed by atoms with Crippen molar-refractivity contribution in [3.8, 4) is 0 Å². The van der Waals surface area contributed by atoms with Crippen LogP contribution in [0.4, 0.5) is 10.1 Å². The lowest BCUT2D eigenvalue weighted by molar-refractivity contribution is -0.123. The van der Waals surface area contributed by atoms with Crippen LogP contribution in [0.5, 0.6) is 0 Å². The van der Waals surface area contributed by atoms with Gasteiger partial charge in [0.05, 0.1) is 10.5 Å². The molecule has 0 saturated carbocycles. The summed E-state index contributed by atoms with van der Waals surface area (Å²) in [4.78, 5) is 24.4. The lowest BCUT2D eigenvalue weighted by atomic mass is 10.2. The Labute approximate surface area is 168 Å². The van der Waals surface area contributed by atoms with Crippen LogP contribution in [0.15, 0.2) is 53.4 Å². The quantitative estimate of drug-likeness (QED) is 0.726. The second kappa shape index (κ2) is 8.71. The zero-order valence-corrected chi connectivity index (χ0v) is 16.6. The third-order valence-electron chi connectivity index (χ3n) is 4.57. The van der Waals surface area contributed by atoms with Crippen molar-refractivity contribution in [2.75, 3.05) is 18.4 Å². The first-order chi connectivity index (χ1) is 13.8. The highest BCUT2D eigenvalue weighted by molar-refractivity contribution is 7.89. The van der Waals surface area contributed by atoms with Gasteiger partial charge in [-0.3, -0.25) is 4.79 Å². The Balaban J connectivity index is 1.61.